The van der Waals surface area contributed by atoms with Crippen LogP contribution in [-0.4, -0.2) is 17.3 Å². The first-order valence-corrected chi connectivity index (χ1v) is 8.42. The Kier molecular flexibility index (Phi) is 5.14. The van der Waals surface area contributed by atoms with Crippen LogP contribution in [0.1, 0.15) is 48.5 Å². The number of nitrogens with one attached hydrogen (secondary N) is 1. The van der Waals surface area contributed by atoms with Gasteiger partial charge in [-0.25, -0.2) is 0 Å². The molecule has 0 heterocycles. The molecular formula is C16H21BrClNO. The highest BCUT2D eigenvalue weighted by atomic mass is 79.9. The van der Waals surface area contributed by atoms with E-state index in [-0.39, 0.29) is 11.4 Å². The predicted molar refractivity (Wildman–Crippen MR) is 87.4 cm³/mol. The summed E-state index contributed by atoms with van der Waals surface area (Å²) in [5.41, 5.74) is 1.52. The summed E-state index contributed by atoms with van der Waals surface area (Å²) < 4.78 is 0.930. The molecular weight excluding hydrogens is 338 g/mol. The molecule has 0 bridgehead atoms. The van der Waals surface area contributed by atoms with E-state index in [9.17, 15) is 4.79 Å². The Bertz CT molecular complexity index is 485. The van der Waals surface area contributed by atoms with Crippen LogP contribution < -0.4 is 5.32 Å². The van der Waals surface area contributed by atoms with E-state index in [4.69, 9.17) is 11.6 Å². The molecule has 20 heavy (non-hydrogen) atoms. The van der Waals surface area contributed by atoms with Crippen LogP contribution in [-0.2, 0) is 0 Å². The molecule has 0 aromatic heterocycles. The van der Waals surface area contributed by atoms with Gasteiger partial charge < -0.3 is 5.32 Å². The first kappa shape index (κ1) is 15.8. The summed E-state index contributed by atoms with van der Waals surface area (Å²) in [6, 6.07) is 5.77. The molecule has 1 aromatic rings. The summed E-state index contributed by atoms with van der Waals surface area (Å²) in [7, 11) is 0. The maximum atomic E-state index is 12.5. The van der Waals surface area contributed by atoms with Crippen molar-refractivity contribution in [2.24, 2.45) is 5.92 Å². The van der Waals surface area contributed by atoms with E-state index in [0.29, 0.717) is 17.4 Å². The molecule has 1 amide bonds. The number of carbonyl (C=O) groups excluding carboxylic acids is 1. The standard InChI is InChI=1S/C16H21BrClNO/c1-11-4-3-5-16(9-11,10-18)19-15(20)13-6-12(2)7-14(17)8-13/h6-8,11H,3-5,9-10H2,1-2H3,(H,19,20). The summed E-state index contributed by atoms with van der Waals surface area (Å²) in [5, 5.41) is 3.19. The second kappa shape index (κ2) is 6.48. The van der Waals surface area contributed by atoms with Gasteiger partial charge in [0.1, 0.15) is 0 Å². The first-order valence-electron chi connectivity index (χ1n) is 7.10. The van der Waals surface area contributed by atoms with Gasteiger partial charge in [-0.2, -0.15) is 0 Å². The normalized spacial score (nSPS) is 26.3. The molecule has 1 aliphatic carbocycles. The third-order valence-corrected chi connectivity index (χ3v) is 5.00. The van der Waals surface area contributed by atoms with Crippen molar-refractivity contribution in [3.8, 4) is 0 Å². The zero-order valence-electron chi connectivity index (χ0n) is 12.0. The number of carbonyl (C=O) groups is 1. The largest absolute Gasteiger partial charge is 0.345 e. The van der Waals surface area contributed by atoms with Crippen LogP contribution in [0.2, 0.25) is 0 Å². The van der Waals surface area contributed by atoms with E-state index in [1.165, 1.54) is 6.42 Å². The number of benzene rings is 1. The van der Waals surface area contributed by atoms with Gasteiger partial charge in [-0.3, -0.25) is 4.79 Å². The van der Waals surface area contributed by atoms with E-state index >= 15 is 0 Å². The maximum Gasteiger partial charge on any atom is 0.251 e. The van der Waals surface area contributed by atoms with Gasteiger partial charge in [-0.1, -0.05) is 35.7 Å². The molecule has 1 fully saturated rings. The number of rotatable bonds is 3. The first-order chi connectivity index (χ1) is 9.44. The molecule has 2 rings (SSSR count). The molecule has 1 saturated carbocycles. The Morgan fingerprint density at radius 3 is 2.85 bits per heavy atom. The van der Waals surface area contributed by atoms with Crippen molar-refractivity contribution in [1.82, 2.24) is 5.32 Å². The number of amides is 1. The van der Waals surface area contributed by atoms with Crippen molar-refractivity contribution in [1.29, 1.82) is 0 Å². The second-order valence-electron chi connectivity index (χ2n) is 6.09. The van der Waals surface area contributed by atoms with Gasteiger partial charge in [0.05, 0.1) is 5.54 Å². The Morgan fingerprint density at radius 2 is 2.25 bits per heavy atom. The lowest BCUT2D eigenvalue weighted by atomic mass is 9.77. The smallest absolute Gasteiger partial charge is 0.251 e. The van der Waals surface area contributed by atoms with Crippen LogP contribution in [0.4, 0.5) is 0 Å². The van der Waals surface area contributed by atoms with Gasteiger partial charge in [-0.05, 0) is 49.4 Å². The molecule has 0 radical (unpaired) electrons. The highest BCUT2D eigenvalue weighted by molar-refractivity contribution is 9.10. The van der Waals surface area contributed by atoms with Crippen molar-refractivity contribution in [2.75, 3.05) is 5.88 Å². The van der Waals surface area contributed by atoms with Crippen molar-refractivity contribution >= 4 is 33.4 Å². The third-order valence-electron chi connectivity index (χ3n) is 4.03. The van der Waals surface area contributed by atoms with E-state index in [2.05, 4.69) is 28.2 Å². The molecule has 0 aliphatic heterocycles. The summed E-state index contributed by atoms with van der Waals surface area (Å²) in [6.45, 7) is 4.22. The van der Waals surface area contributed by atoms with Gasteiger partial charge >= 0.3 is 0 Å². The van der Waals surface area contributed by atoms with E-state index < -0.39 is 0 Å². The molecule has 2 atom stereocenters. The summed E-state index contributed by atoms with van der Waals surface area (Å²) >= 11 is 9.61. The Balaban J connectivity index is 2.16. The van der Waals surface area contributed by atoms with Gasteiger partial charge in [-0.15, -0.1) is 11.6 Å². The van der Waals surface area contributed by atoms with Crippen LogP contribution >= 0.6 is 27.5 Å². The summed E-state index contributed by atoms with van der Waals surface area (Å²) in [5.74, 6) is 1.08. The van der Waals surface area contributed by atoms with Gasteiger partial charge in [0, 0.05) is 15.9 Å². The maximum absolute atomic E-state index is 12.5. The van der Waals surface area contributed by atoms with Gasteiger partial charge in [0.15, 0.2) is 0 Å². The number of alkyl halides is 1. The molecule has 0 spiro atoms. The minimum absolute atomic E-state index is 0.0239. The number of halogens is 2. The van der Waals surface area contributed by atoms with Crippen molar-refractivity contribution in [3.05, 3.63) is 33.8 Å². The highest BCUT2D eigenvalue weighted by Crippen LogP contribution is 2.33. The molecule has 2 nitrogen and oxygen atoms in total. The van der Waals surface area contributed by atoms with E-state index in [1.54, 1.807) is 0 Å². The van der Waals surface area contributed by atoms with Crippen molar-refractivity contribution in [3.63, 3.8) is 0 Å². The fourth-order valence-corrected chi connectivity index (χ4v) is 4.03. The topological polar surface area (TPSA) is 29.1 Å². The lowest BCUT2D eigenvalue weighted by Gasteiger charge is -2.39. The Labute approximate surface area is 134 Å². The van der Waals surface area contributed by atoms with Crippen LogP contribution in [0.25, 0.3) is 0 Å². The predicted octanol–water partition coefficient (Wildman–Crippen LogP) is 4.68. The summed E-state index contributed by atoms with van der Waals surface area (Å²) in [4.78, 5) is 12.5. The van der Waals surface area contributed by atoms with Crippen LogP contribution in [0.5, 0.6) is 0 Å². The van der Waals surface area contributed by atoms with Gasteiger partial charge in [0.25, 0.3) is 5.91 Å². The van der Waals surface area contributed by atoms with Crippen molar-refractivity contribution < 1.29 is 4.79 Å². The minimum Gasteiger partial charge on any atom is -0.345 e. The third kappa shape index (κ3) is 3.76. The molecule has 1 aliphatic rings. The molecule has 2 unspecified atom stereocenters. The van der Waals surface area contributed by atoms with E-state index in [0.717, 1.165) is 29.3 Å². The molecule has 1 N–H and O–H groups in total. The lowest BCUT2D eigenvalue weighted by Crippen LogP contribution is -2.52. The molecule has 0 saturated heterocycles. The Hall–Kier alpha value is -0.540. The van der Waals surface area contributed by atoms with Gasteiger partial charge in [0.2, 0.25) is 0 Å². The second-order valence-corrected chi connectivity index (χ2v) is 7.27. The van der Waals surface area contributed by atoms with E-state index in [1.807, 2.05) is 25.1 Å². The Morgan fingerprint density at radius 1 is 1.50 bits per heavy atom. The SMILES string of the molecule is Cc1cc(Br)cc(C(=O)NC2(CCl)CCCC(C)C2)c1. The quantitative estimate of drug-likeness (QED) is 0.781. The van der Waals surface area contributed by atoms with Crippen LogP contribution in [0, 0.1) is 12.8 Å². The fourth-order valence-electron chi connectivity index (χ4n) is 3.11. The average molecular weight is 359 g/mol. The summed E-state index contributed by atoms with van der Waals surface area (Å²) in [6.07, 6.45) is 4.30. The molecule has 110 valence electrons. The zero-order valence-corrected chi connectivity index (χ0v) is 14.4. The lowest BCUT2D eigenvalue weighted by molar-refractivity contribution is 0.0867. The van der Waals surface area contributed by atoms with Crippen LogP contribution in [0.3, 0.4) is 0 Å². The van der Waals surface area contributed by atoms with Crippen molar-refractivity contribution in [2.45, 2.75) is 45.1 Å². The molecule has 1 aromatic carbocycles. The minimum atomic E-state index is -0.244. The van der Waals surface area contributed by atoms with Crippen LogP contribution in [0.15, 0.2) is 22.7 Å². The number of hydrogen-bond acceptors (Lipinski definition) is 1. The average Bonchev–Trinajstić information content (AvgIpc) is 2.37. The zero-order chi connectivity index (χ0) is 14.8. The molecule has 4 heteroatoms. The number of hydrogen-bond donors (Lipinski definition) is 1. The fraction of sp³-hybridized carbons (Fsp3) is 0.562. The monoisotopic (exact) mass is 357 g/mol. The number of aryl methyl sites for hydroxylation is 1. The highest BCUT2D eigenvalue weighted by Gasteiger charge is 2.35.